The van der Waals surface area contributed by atoms with Crippen LogP contribution in [0.2, 0.25) is 0 Å². The van der Waals surface area contributed by atoms with Crippen molar-refractivity contribution in [3.05, 3.63) is 35.6 Å². The third kappa shape index (κ3) is 3.15. The molecule has 0 saturated carbocycles. The third-order valence-corrected chi connectivity index (χ3v) is 3.24. The number of furan rings is 1. The number of benzene rings is 1. The van der Waals surface area contributed by atoms with Gasteiger partial charge < -0.3 is 14.8 Å². The molecule has 4 nitrogen and oxygen atoms in total. The van der Waals surface area contributed by atoms with Crippen LogP contribution in [0, 0.1) is 6.92 Å². The smallest absolute Gasteiger partial charge is 0.224 e. The number of amides is 1. The standard InChI is InChI=1S/C15H19NO3/c1-3-12(8-17)16-15(18)7-11-9-19-14-6-10(2)4-5-13(11)14/h4-6,9,12,17H,3,7-8H2,1-2H3,(H,16,18)/t12-/m1/s1. The van der Waals surface area contributed by atoms with E-state index in [1.54, 1.807) is 6.26 Å². The summed E-state index contributed by atoms with van der Waals surface area (Å²) >= 11 is 0. The number of rotatable bonds is 5. The molecule has 1 aromatic heterocycles. The second kappa shape index (κ2) is 5.89. The molecular weight excluding hydrogens is 242 g/mol. The molecule has 0 fully saturated rings. The Morgan fingerprint density at radius 3 is 2.95 bits per heavy atom. The lowest BCUT2D eigenvalue weighted by atomic mass is 10.1. The van der Waals surface area contributed by atoms with Gasteiger partial charge in [-0.15, -0.1) is 0 Å². The van der Waals surface area contributed by atoms with Crippen LogP contribution in [0.1, 0.15) is 24.5 Å². The van der Waals surface area contributed by atoms with Gasteiger partial charge in [0.05, 0.1) is 25.3 Å². The van der Waals surface area contributed by atoms with Gasteiger partial charge in [0.25, 0.3) is 0 Å². The number of hydrogen-bond donors (Lipinski definition) is 2. The van der Waals surface area contributed by atoms with E-state index in [2.05, 4.69) is 5.32 Å². The van der Waals surface area contributed by atoms with Gasteiger partial charge in [0.15, 0.2) is 0 Å². The number of aliphatic hydroxyl groups excluding tert-OH is 1. The van der Waals surface area contributed by atoms with Crippen molar-refractivity contribution in [2.75, 3.05) is 6.61 Å². The third-order valence-electron chi connectivity index (χ3n) is 3.24. The van der Waals surface area contributed by atoms with Gasteiger partial charge in [-0.3, -0.25) is 4.79 Å². The fraction of sp³-hybridized carbons (Fsp3) is 0.400. The number of aryl methyl sites for hydroxylation is 1. The van der Waals surface area contributed by atoms with E-state index >= 15 is 0 Å². The Morgan fingerprint density at radius 2 is 2.26 bits per heavy atom. The van der Waals surface area contributed by atoms with Crippen molar-refractivity contribution in [2.45, 2.75) is 32.7 Å². The van der Waals surface area contributed by atoms with Crippen LogP contribution in [0.3, 0.4) is 0 Å². The van der Waals surface area contributed by atoms with Gasteiger partial charge in [-0.1, -0.05) is 19.1 Å². The first-order valence-corrected chi connectivity index (χ1v) is 6.51. The quantitative estimate of drug-likeness (QED) is 0.867. The Labute approximate surface area is 112 Å². The van der Waals surface area contributed by atoms with Crippen molar-refractivity contribution in [1.29, 1.82) is 0 Å². The Morgan fingerprint density at radius 1 is 1.47 bits per heavy atom. The fourth-order valence-corrected chi connectivity index (χ4v) is 2.06. The maximum absolute atomic E-state index is 11.9. The molecule has 4 heteroatoms. The topological polar surface area (TPSA) is 62.5 Å². The second-order valence-electron chi connectivity index (χ2n) is 4.79. The van der Waals surface area contributed by atoms with Gasteiger partial charge in [0.2, 0.25) is 5.91 Å². The Hall–Kier alpha value is -1.81. The molecule has 1 heterocycles. The molecule has 0 aliphatic carbocycles. The second-order valence-corrected chi connectivity index (χ2v) is 4.79. The highest BCUT2D eigenvalue weighted by atomic mass is 16.3. The van der Waals surface area contributed by atoms with Crippen LogP contribution in [0.4, 0.5) is 0 Å². The zero-order valence-corrected chi connectivity index (χ0v) is 11.3. The van der Waals surface area contributed by atoms with Gasteiger partial charge in [0, 0.05) is 10.9 Å². The Bertz CT molecular complexity index is 570. The Balaban J connectivity index is 2.11. The summed E-state index contributed by atoms with van der Waals surface area (Å²) in [6, 6.07) is 5.76. The summed E-state index contributed by atoms with van der Waals surface area (Å²) in [5.41, 5.74) is 2.81. The molecule has 0 aliphatic heterocycles. The first-order chi connectivity index (χ1) is 9.13. The average molecular weight is 261 g/mol. The van der Waals surface area contributed by atoms with Crippen molar-refractivity contribution in [2.24, 2.45) is 0 Å². The minimum absolute atomic E-state index is 0.0342. The largest absolute Gasteiger partial charge is 0.464 e. The average Bonchev–Trinajstić information content (AvgIpc) is 2.78. The first kappa shape index (κ1) is 13.6. The van der Waals surface area contributed by atoms with Crippen molar-refractivity contribution in [3.63, 3.8) is 0 Å². The zero-order valence-electron chi connectivity index (χ0n) is 11.3. The lowest BCUT2D eigenvalue weighted by Crippen LogP contribution is -2.37. The maximum Gasteiger partial charge on any atom is 0.224 e. The summed E-state index contributed by atoms with van der Waals surface area (Å²) in [4.78, 5) is 11.9. The summed E-state index contributed by atoms with van der Waals surface area (Å²) in [6.07, 6.45) is 2.61. The molecule has 102 valence electrons. The van der Waals surface area contributed by atoms with Crippen molar-refractivity contribution >= 4 is 16.9 Å². The highest BCUT2D eigenvalue weighted by molar-refractivity contribution is 5.88. The van der Waals surface area contributed by atoms with Gasteiger partial charge >= 0.3 is 0 Å². The molecule has 0 radical (unpaired) electrons. The monoisotopic (exact) mass is 261 g/mol. The van der Waals surface area contributed by atoms with Crippen LogP contribution in [0.5, 0.6) is 0 Å². The van der Waals surface area contributed by atoms with E-state index in [9.17, 15) is 4.79 Å². The van der Waals surface area contributed by atoms with Crippen LogP contribution >= 0.6 is 0 Å². The van der Waals surface area contributed by atoms with Crippen LogP contribution in [0.15, 0.2) is 28.9 Å². The highest BCUT2D eigenvalue weighted by Gasteiger charge is 2.13. The molecular formula is C15H19NO3. The molecule has 0 spiro atoms. The predicted octanol–water partition coefficient (Wildman–Crippen LogP) is 2.17. The minimum atomic E-state index is -0.173. The number of carbonyl (C=O) groups excluding carboxylic acids is 1. The molecule has 0 aliphatic rings. The summed E-state index contributed by atoms with van der Waals surface area (Å²) in [5.74, 6) is -0.0934. The van der Waals surface area contributed by atoms with Crippen molar-refractivity contribution < 1.29 is 14.3 Å². The normalized spacial score (nSPS) is 12.6. The molecule has 0 bridgehead atoms. The molecule has 0 unspecified atom stereocenters. The molecule has 1 amide bonds. The minimum Gasteiger partial charge on any atom is -0.464 e. The number of fused-ring (bicyclic) bond motifs is 1. The van der Waals surface area contributed by atoms with E-state index < -0.39 is 0 Å². The zero-order chi connectivity index (χ0) is 13.8. The number of aliphatic hydroxyl groups is 1. The van der Waals surface area contributed by atoms with Crippen LogP contribution in [-0.2, 0) is 11.2 Å². The fourth-order valence-electron chi connectivity index (χ4n) is 2.06. The lowest BCUT2D eigenvalue weighted by molar-refractivity contribution is -0.121. The Kier molecular flexibility index (Phi) is 4.22. The molecule has 19 heavy (non-hydrogen) atoms. The molecule has 1 aromatic carbocycles. The number of nitrogens with one attached hydrogen (secondary N) is 1. The molecule has 2 aromatic rings. The van der Waals surface area contributed by atoms with Crippen LogP contribution in [-0.4, -0.2) is 23.7 Å². The van der Waals surface area contributed by atoms with Crippen molar-refractivity contribution in [1.82, 2.24) is 5.32 Å². The van der Waals surface area contributed by atoms with E-state index in [0.717, 1.165) is 22.1 Å². The first-order valence-electron chi connectivity index (χ1n) is 6.51. The van der Waals surface area contributed by atoms with E-state index in [1.807, 2.05) is 32.0 Å². The van der Waals surface area contributed by atoms with Gasteiger partial charge in [-0.05, 0) is 25.0 Å². The van der Waals surface area contributed by atoms with Gasteiger partial charge in [-0.2, -0.15) is 0 Å². The predicted molar refractivity (Wildman–Crippen MR) is 74.0 cm³/mol. The number of hydrogen-bond acceptors (Lipinski definition) is 3. The van der Waals surface area contributed by atoms with Gasteiger partial charge in [-0.25, -0.2) is 0 Å². The van der Waals surface area contributed by atoms with E-state index in [-0.39, 0.29) is 25.0 Å². The van der Waals surface area contributed by atoms with Crippen molar-refractivity contribution in [3.8, 4) is 0 Å². The van der Waals surface area contributed by atoms with Gasteiger partial charge in [0.1, 0.15) is 5.58 Å². The van der Waals surface area contributed by atoms with E-state index in [0.29, 0.717) is 6.42 Å². The highest BCUT2D eigenvalue weighted by Crippen LogP contribution is 2.22. The van der Waals surface area contributed by atoms with E-state index in [4.69, 9.17) is 9.52 Å². The molecule has 0 saturated heterocycles. The maximum atomic E-state index is 11.9. The SMILES string of the molecule is CC[C@H](CO)NC(=O)Cc1coc2cc(C)ccc12. The van der Waals surface area contributed by atoms with Crippen LogP contribution in [0.25, 0.3) is 11.0 Å². The lowest BCUT2D eigenvalue weighted by Gasteiger charge is -2.13. The summed E-state index contributed by atoms with van der Waals surface area (Å²) < 4.78 is 5.46. The summed E-state index contributed by atoms with van der Waals surface area (Å²) in [7, 11) is 0. The molecule has 2 N–H and O–H groups in total. The number of carbonyl (C=O) groups is 1. The van der Waals surface area contributed by atoms with E-state index in [1.165, 1.54) is 0 Å². The van der Waals surface area contributed by atoms with Crippen LogP contribution < -0.4 is 5.32 Å². The summed E-state index contributed by atoms with van der Waals surface area (Å²) in [6.45, 7) is 3.90. The molecule has 1 atom stereocenters. The summed E-state index contributed by atoms with van der Waals surface area (Å²) in [5, 5.41) is 12.8. The molecule has 2 rings (SSSR count).